The van der Waals surface area contributed by atoms with Crippen LogP contribution in [0.25, 0.3) is 0 Å². The Bertz CT molecular complexity index is 377. The van der Waals surface area contributed by atoms with Crippen molar-refractivity contribution in [2.75, 3.05) is 6.61 Å². The Kier molecular flexibility index (Phi) is 6.73. The van der Waals surface area contributed by atoms with Crippen LogP contribution in [0.4, 0.5) is 0 Å². The second-order valence-corrected chi connectivity index (χ2v) is 4.88. The molecule has 1 unspecified atom stereocenters. The number of ether oxygens (including phenoxy) is 1. The van der Waals surface area contributed by atoms with Crippen LogP contribution in [0.2, 0.25) is 0 Å². The minimum atomic E-state index is -0.354. The molecule has 0 N–H and O–H groups in total. The number of hydrogen-bond donors (Lipinski definition) is 0. The molecule has 0 heterocycles. The van der Waals surface area contributed by atoms with E-state index in [1.54, 1.807) is 12.1 Å². The van der Waals surface area contributed by atoms with Crippen molar-refractivity contribution in [1.29, 1.82) is 0 Å². The van der Waals surface area contributed by atoms with Gasteiger partial charge in [-0.2, -0.15) is 0 Å². The predicted octanol–water partition coefficient (Wildman–Crippen LogP) is 3.97. The minimum absolute atomic E-state index is 0.354. The van der Waals surface area contributed by atoms with E-state index >= 15 is 0 Å². The molecule has 1 atom stereocenters. The summed E-state index contributed by atoms with van der Waals surface area (Å²) in [6, 6.07) is 7.20. The van der Waals surface area contributed by atoms with Gasteiger partial charge in [0.2, 0.25) is 0 Å². The van der Waals surface area contributed by atoms with Gasteiger partial charge in [0.15, 0.2) is 0 Å². The van der Waals surface area contributed by atoms with Crippen LogP contribution in [0, 0.1) is 5.92 Å². The molecule has 18 heavy (non-hydrogen) atoms. The zero-order valence-electron chi connectivity index (χ0n) is 11.1. The third-order valence-corrected chi connectivity index (χ3v) is 3.34. The molecule has 2 nitrogen and oxygen atoms in total. The van der Waals surface area contributed by atoms with Crippen molar-refractivity contribution >= 4 is 17.7 Å². The Balaban J connectivity index is 2.59. The Morgan fingerprint density at radius 3 is 2.67 bits per heavy atom. The number of unbranched alkanes of at least 4 members (excludes halogenated alkanes) is 1. The minimum Gasteiger partial charge on any atom is -0.737 e. The first-order valence-electron chi connectivity index (χ1n) is 6.62. The van der Waals surface area contributed by atoms with Crippen molar-refractivity contribution in [3.63, 3.8) is 0 Å². The van der Waals surface area contributed by atoms with E-state index in [2.05, 4.69) is 13.8 Å². The molecule has 0 aliphatic rings. The summed E-state index contributed by atoms with van der Waals surface area (Å²) in [5.74, 6) is 1.17. The van der Waals surface area contributed by atoms with Gasteiger partial charge in [-0.1, -0.05) is 45.2 Å². The molecule has 0 fully saturated rings. The number of rotatable bonds is 8. The monoisotopic (exact) mass is 265 g/mol. The summed E-state index contributed by atoms with van der Waals surface area (Å²) in [5, 5.41) is -0.354. The van der Waals surface area contributed by atoms with E-state index in [1.807, 2.05) is 12.1 Å². The first-order chi connectivity index (χ1) is 8.69. The van der Waals surface area contributed by atoms with Crippen LogP contribution in [0.5, 0.6) is 5.75 Å². The smallest absolute Gasteiger partial charge is 0.128 e. The van der Waals surface area contributed by atoms with Gasteiger partial charge >= 0.3 is 0 Å². The maximum Gasteiger partial charge on any atom is 0.128 e. The zero-order chi connectivity index (χ0) is 13.4. The molecule has 1 aromatic rings. The van der Waals surface area contributed by atoms with Gasteiger partial charge in [0, 0.05) is 10.7 Å². The number of carbonyl (C=O) groups excluding carboxylic acids is 1. The average Bonchev–Trinajstić information content (AvgIpc) is 2.39. The second-order valence-electron chi connectivity index (χ2n) is 4.51. The van der Waals surface area contributed by atoms with E-state index in [0.717, 1.165) is 6.42 Å². The molecule has 0 saturated carbocycles. The number of benzene rings is 1. The van der Waals surface area contributed by atoms with Crippen molar-refractivity contribution in [2.45, 2.75) is 39.5 Å². The molecule has 0 aromatic heterocycles. The molecule has 0 amide bonds. The summed E-state index contributed by atoms with van der Waals surface area (Å²) in [4.78, 5) is 11.3. The van der Waals surface area contributed by atoms with Gasteiger partial charge in [-0.05, 0) is 24.5 Å². The quantitative estimate of drug-likeness (QED) is 0.665. The summed E-state index contributed by atoms with van der Waals surface area (Å²) in [6.45, 7) is 5.03. The van der Waals surface area contributed by atoms with Crippen LogP contribution in [-0.4, -0.2) is 11.7 Å². The highest BCUT2D eigenvalue weighted by molar-refractivity contribution is 7.77. The predicted molar refractivity (Wildman–Crippen MR) is 76.9 cm³/mol. The van der Waals surface area contributed by atoms with Crippen LogP contribution in [0.15, 0.2) is 24.3 Å². The fraction of sp³-hybridized carbons (Fsp3) is 0.533. The lowest BCUT2D eigenvalue weighted by molar-refractivity contribution is 0.108. The highest BCUT2D eigenvalue weighted by Gasteiger charge is 2.09. The molecule has 1 rings (SSSR count). The SMILES string of the molecule is CCCCC(CC)COc1ccccc1C(=O)[S-]. The molecule has 1 aromatic carbocycles. The molecule has 0 aliphatic carbocycles. The largest absolute Gasteiger partial charge is 0.737 e. The number of para-hydroxylation sites is 1. The first-order valence-corrected chi connectivity index (χ1v) is 7.03. The van der Waals surface area contributed by atoms with Crippen LogP contribution in [0.3, 0.4) is 0 Å². The van der Waals surface area contributed by atoms with E-state index < -0.39 is 0 Å². The van der Waals surface area contributed by atoms with Gasteiger partial charge in [-0.25, -0.2) is 0 Å². The average molecular weight is 265 g/mol. The fourth-order valence-corrected chi connectivity index (χ4v) is 2.04. The second kappa shape index (κ2) is 8.09. The van der Waals surface area contributed by atoms with Crippen LogP contribution in [-0.2, 0) is 12.6 Å². The van der Waals surface area contributed by atoms with Gasteiger partial charge in [0.05, 0.1) is 6.61 Å². The maximum atomic E-state index is 11.3. The normalized spacial score (nSPS) is 12.1. The Hall–Kier alpha value is -1.09. The molecule has 0 radical (unpaired) electrons. The van der Waals surface area contributed by atoms with Crippen LogP contribution in [0.1, 0.15) is 49.9 Å². The number of hydrogen-bond acceptors (Lipinski definition) is 3. The molecule has 0 saturated heterocycles. The lowest BCUT2D eigenvalue weighted by atomic mass is 10.0. The summed E-state index contributed by atoms with van der Waals surface area (Å²) < 4.78 is 5.76. The number of carbonyl (C=O) groups is 1. The van der Waals surface area contributed by atoms with Gasteiger partial charge in [0.25, 0.3) is 0 Å². The Morgan fingerprint density at radius 1 is 1.33 bits per heavy atom. The molecule has 0 spiro atoms. The summed E-state index contributed by atoms with van der Waals surface area (Å²) in [6.07, 6.45) is 4.71. The van der Waals surface area contributed by atoms with Crippen LogP contribution < -0.4 is 4.74 Å². The summed E-state index contributed by atoms with van der Waals surface area (Å²) in [7, 11) is 0. The molecule has 3 heteroatoms. The van der Waals surface area contributed by atoms with Gasteiger partial charge in [-0.3, -0.25) is 0 Å². The lowest BCUT2D eigenvalue weighted by Gasteiger charge is -2.18. The zero-order valence-corrected chi connectivity index (χ0v) is 12.0. The van der Waals surface area contributed by atoms with E-state index in [-0.39, 0.29) is 5.12 Å². The highest BCUT2D eigenvalue weighted by Crippen LogP contribution is 2.21. The van der Waals surface area contributed by atoms with Gasteiger partial charge < -0.3 is 22.2 Å². The third kappa shape index (κ3) is 4.65. The molecule has 100 valence electrons. The molecule has 0 aliphatic heterocycles. The topological polar surface area (TPSA) is 26.3 Å². The van der Waals surface area contributed by atoms with Crippen molar-refractivity contribution in [2.24, 2.45) is 5.92 Å². The van der Waals surface area contributed by atoms with Crippen molar-refractivity contribution in [3.8, 4) is 5.75 Å². The van der Waals surface area contributed by atoms with Gasteiger partial charge in [-0.15, -0.1) is 0 Å². The van der Waals surface area contributed by atoms with E-state index in [0.29, 0.717) is 23.8 Å². The van der Waals surface area contributed by atoms with Gasteiger partial charge in [0.1, 0.15) is 5.75 Å². The third-order valence-electron chi connectivity index (χ3n) is 3.12. The standard InChI is InChI=1S/C15H22O2S/c1-3-5-8-12(4-2)11-17-14-10-7-6-9-13(14)15(16)18/h6-7,9-10,12H,3-5,8,11H2,1-2H3,(H,16,18)/p-1. The van der Waals surface area contributed by atoms with E-state index in [4.69, 9.17) is 17.4 Å². The van der Waals surface area contributed by atoms with Crippen molar-refractivity contribution in [1.82, 2.24) is 0 Å². The van der Waals surface area contributed by atoms with Crippen LogP contribution >= 0.6 is 0 Å². The Morgan fingerprint density at radius 2 is 2.06 bits per heavy atom. The van der Waals surface area contributed by atoms with E-state index in [1.165, 1.54) is 19.3 Å². The first kappa shape index (κ1) is 15.0. The lowest BCUT2D eigenvalue weighted by Crippen LogP contribution is -2.12. The highest BCUT2D eigenvalue weighted by atomic mass is 32.1. The van der Waals surface area contributed by atoms with E-state index in [9.17, 15) is 4.79 Å². The maximum absolute atomic E-state index is 11.3. The van der Waals surface area contributed by atoms with Crippen molar-refractivity contribution in [3.05, 3.63) is 29.8 Å². The molecular formula is C15H21O2S-. The Labute approximate surface area is 115 Å². The summed E-state index contributed by atoms with van der Waals surface area (Å²) >= 11 is 4.69. The molecule has 0 bridgehead atoms. The fourth-order valence-electron chi connectivity index (χ4n) is 1.87. The summed E-state index contributed by atoms with van der Waals surface area (Å²) in [5.41, 5.74) is 0.498. The van der Waals surface area contributed by atoms with Crippen molar-refractivity contribution < 1.29 is 9.53 Å². The molecular weight excluding hydrogens is 244 g/mol.